The third kappa shape index (κ3) is 9.48. The highest BCUT2D eigenvalue weighted by molar-refractivity contribution is 9.09. The van der Waals surface area contributed by atoms with E-state index in [1.165, 1.54) is 50.5 Å². The number of hydrogen-bond donors (Lipinski definition) is 0. The highest BCUT2D eigenvalue weighted by atomic mass is 79.9. The molecule has 0 aliphatic heterocycles. The Morgan fingerprint density at radius 2 is 1.42 bits per heavy atom. The first-order valence-corrected chi connectivity index (χ1v) is 8.71. The molecule has 0 atom stereocenters. The Morgan fingerprint density at radius 3 is 2.05 bits per heavy atom. The molecule has 1 rings (SSSR count). The molecule has 108 valence electrons. The maximum absolute atomic E-state index is 5.83. The average molecular weight is 348 g/mol. The standard InChI is InChI=1S/C16H24BrClO/c17-12-6-4-2-1-3-5-7-13-19-14-15-8-10-16(18)11-9-15/h8-11H,1-7,12-14H2. The summed E-state index contributed by atoms with van der Waals surface area (Å²) >= 11 is 9.29. The maximum Gasteiger partial charge on any atom is 0.0716 e. The summed E-state index contributed by atoms with van der Waals surface area (Å²) in [5.74, 6) is 0. The van der Waals surface area contributed by atoms with E-state index in [0.717, 1.165) is 17.0 Å². The minimum atomic E-state index is 0.697. The molecule has 0 fully saturated rings. The fraction of sp³-hybridized carbons (Fsp3) is 0.625. The van der Waals surface area contributed by atoms with E-state index in [4.69, 9.17) is 16.3 Å². The SMILES string of the molecule is Clc1ccc(COCCCCCCCCCBr)cc1. The van der Waals surface area contributed by atoms with Crippen molar-refractivity contribution in [3.8, 4) is 0 Å². The lowest BCUT2D eigenvalue weighted by Crippen LogP contribution is -1.95. The van der Waals surface area contributed by atoms with E-state index in [-0.39, 0.29) is 0 Å². The molecule has 3 heteroatoms. The van der Waals surface area contributed by atoms with E-state index in [0.29, 0.717) is 6.61 Å². The smallest absolute Gasteiger partial charge is 0.0716 e. The van der Waals surface area contributed by atoms with Crippen molar-refractivity contribution in [3.63, 3.8) is 0 Å². The number of rotatable bonds is 11. The first-order valence-electron chi connectivity index (χ1n) is 7.21. The van der Waals surface area contributed by atoms with E-state index < -0.39 is 0 Å². The molecule has 0 radical (unpaired) electrons. The Kier molecular flexibility index (Phi) is 10.5. The lowest BCUT2D eigenvalue weighted by atomic mass is 10.1. The van der Waals surface area contributed by atoms with Crippen LogP contribution in [0.15, 0.2) is 24.3 Å². The van der Waals surface area contributed by atoms with Crippen molar-refractivity contribution in [3.05, 3.63) is 34.9 Å². The number of halogens is 2. The van der Waals surface area contributed by atoms with E-state index in [9.17, 15) is 0 Å². The zero-order chi connectivity index (χ0) is 13.8. The van der Waals surface area contributed by atoms with Gasteiger partial charge < -0.3 is 4.74 Å². The molecule has 0 heterocycles. The van der Waals surface area contributed by atoms with E-state index in [2.05, 4.69) is 15.9 Å². The quantitative estimate of drug-likeness (QED) is 0.353. The van der Waals surface area contributed by atoms with Crippen molar-refractivity contribution in [2.45, 2.75) is 51.6 Å². The van der Waals surface area contributed by atoms with Crippen molar-refractivity contribution in [2.24, 2.45) is 0 Å². The second-order valence-electron chi connectivity index (χ2n) is 4.84. The predicted octanol–water partition coefficient (Wildman–Crippen LogP) is 5.98. The third-order valence-electron chi connectivity index (χ3n) is 3.10. The first kappa shape index (κ1) is 17.0. The molecule has 0 N–H and O–H groups in total. The van der Waals surface area contributed by atoms with Crippen molar-refractivity contribution >= 4 is 27.5 Å². The van der Waals surface area contributed by atoms with Gasteiger partial charge in [-0.2, -0.15) is 0 Å². The summed E-state index contributed by atoms with van der Waals surface area (Å²) in [4.78, 5) is 0. The van der Waals surface area contributed by atoms with Crippen LogP contribution in [0.5, 0.6) is 0 Å². The van der Waals surface area contributed by atoms with Gasteiger partial charge in [0.1, 0.15) is 0 Å². The van der Waals surface area contributed by atoms with Gasteiger partial charge in [0.2, 0.25) is 0 Å². The molecular weight excluding hydrogens is 324 g/mol. The van der Waals surface area contributed by atoms with Crippen LogP contribution in [0.4, 0.5) is 0 Å². The Bertz CT molecular complexity index is 313. The minimum absolute atomic E-state index is 0.697. The molecule has 0 aromatic heterocycles. The summed E-state index contributed by atoms with van der Waals surface area (Å²) in [5, 5.41) is 1.93. The molecule has 0 unspecified atom stereocenters. The van der Waals surface area contributed by atoms with Gasteiger partial charge in [-0.1, -0.05) is 71.8 Å². The van der Waals surface area contributed by atoms with Gasteiger partial charge in [0.25, 0.3) is 0 Å². The molecule has 0 saturated carbocycles. The number of unbranched alkanes of at least 4 members (excludes halogenated alkanes) is 6. The number of benzene rings is 1. The number of ether oxygens (including phenoxy) is 1. The fourth-order valence-corrected chi connectivity index (χ4v) is 2.48. The average Bonchev–Trinajstić information content (AvgIpc) is 2.43. The lowest BCUT2D eigenvalue weighted by molar-refractivity contribution is 0.116. The normalized spacial score (nSPS) is 10.8. The van der Waals surface area contributed by atoms with Crippen LogP contribution >= 0.6 is 27.5 Å². The van der Waals surface area contributed by atoms with Crippen molar-refractivity contribution in [1.29, 1.82) is 0 Å². The highest BCUT2D eigenvalue weighted by Crippen LogP contribution is 2.11. The topological polar surface area (TPSA) is 9.23 Å². The Balaban J connectivity index is 1.87. The van der Waals surface area contributed by atoms with Crippen LogP contribution in [-0.4, -0.2) is 11.9 Å². The molecule has 1 aromatic carbocycles. The van der Waals surface area contributed by atoms with Crippen molar-refractivity contribution in [2.75, 3.05) is 11.9 Å². The van der Waals surface area contributed by atoms with Crippen LogP contribution in [0.3, 0.4) is 0 Å². The number of alkyl halides is 1. The minimum Gasteiger partial charge on any atom is -0.377 e. The van der Waals surface area contributed by atoms with Gasteiger partial charge >= 0.3 is 0 Å². The summed E-state index contributed by atoms with van der Waals surface area (Å²) in [6, 6.07) is 7.86. The Morgan fingerprint density at radius 1 is 0.842 bits per heavy atom. The van der Waals surface area contributed by atoms with Crippen LogP contribution in [-0.2, 0) is 11.3 Å². The predicted molar refractivity (Wildman–Crippen MR) is 87.2 cm³/mol. The second-order valence-corrected chi connectivity index (χ2v) is 6.07. The van der Waals surface area contributed by atoms with Crippen LogP contribution in [0.2, 0.25) is 5.02 Å². The van der Waals surface area contributed by atoms with Crippen LogP contribution in [0.25, 0.3) is 0 Å². The largest absolute Gasteiger partial charge is 0.377 e. The molecule has 0 saturated heterocycles. The van der Waals surface area contributed by atoms with E-state index in [1.54, 1.807) is 0 Å². The highest BCUT2D eigenvalue weighted by Gasteiger charge is 1.95. The van der Waals surface area contributed by atoms with Crippen molar-refractivity contribution in [1.82, 2.24) is 0 Å². The zero-order valence-corrected chi connectivity index (χ0v) is 13.9. The van der Waals surface area contributed by atoms with Gasteiger partial charge in [0, 0.05) is 17.0 Å². The molecule has 1 nitrogen and oxygen atoms in total. The molecule has 19 heavy (non-hydrogen) atoms. The van der Waals surface area contributed by atoms with Gasteiger partial charge in [-0.15, -0.1) is 0 Å². The molecule has 0 spiro atoms. The maximum atomic E-state index is 5.83. The molecular formula is C16H24BrClO. The van der Waals surface area contributed by atoms with Crippen LogP contribution in [0.1, 0.15) is 50.5 Å². The van der Waals surface area contributed by atoms with Gasteiger partial charge in [-0.25, -0.2) is 0 Å². The summed E-state index contributed by atoms with van der Waals surface area (Å²) in [6.07, 6.45) is 9.21. The molecule has 1 aromatic rings. The summed E-state index contributed by atoms with van der Waals surface area (Å²) in [5.41, 5.74) is 1.19. The monoisotopic (exact) mass is 346 g/mol. The molecule has 0 bridgehead atoms. The Labute approximate surface area is 130 Å². The van der Waals surface area contributed by atoms with Crippen LogP contribution < -0.4 is 0 Å². The summed E-state index contributed by atoms with van der Waals surface area (Å²) in [6.45, 7) is 1.56. The van der Waals surface area contributed by atoms with E-state index >= 15 is 0 Å². The van der Waals surface area contributed by atoms with Gasteiger partial charge in [-0.3, -0.25) is 0 Å². The summed E-state index contributed by atoms with van der Waals surface area (Å²) in [7, 11) is 0. The third-order valence-corrected chi connectivity index (χ3v) is 3.92. The molecule has 0 aliphatic carbocycles. The Hall–Kier alpha value is -0.0500. The lowest BCUT2D eigenvalue weighted by Gasteiger charge is -2.05. The summed E-state index contributed by atoms with van der Waals surface area (Å²) < 4.78 is 5.66. The van der Waals surface area contributed by atoms with Gasteiger partial charge in [-0.05, 0) is 30.5 Å². The van der Waals surface area contributed by atoms with Crippen molar-refractivity contribution < 1.29 is 4.74 Å². The van der Waals surface area contributed by atoms with Gasteiger partial charge in [0.15, 0.2) is 0 Å². The molecule has 0 aliphatic rings. The fourth-order valence-electron chi connectivity index (χ4n) is 1.95. The number of hydrogen-bond acceptors (Lipinski definition) is 1. The van der Waals surface area contributed by atoms with E-state index in [1.807, 2.05) is 24.3 Å². The van der Waals surface area contributed by atoms with Gasteiger partial charge in [0.05, 0.1) is 6.61 Å². The zero-order valence-electron chi connectivity index (χ0n) is 11.5. The second kappa shape index (κ2) is 11.7. The van der Waals surface area contributed by atoms with Crippen LogP contribution in [0, 0.1) is 0 Å². The molecule has 0 amide bonds. The first-order chi connectivity index (χ1) is 9.33.